The molecule has 0 amide bonds. The lowest BCUT2D eigenvalue weighted by atomic mass is 10.3. The first kappa shape index (κ1) is 10.4. The Hall–Kier alpha value is -2.09. The van der Waals surface area contributed by atoms with Gasteiger partial charge >= 0.3 is 17.3 Å². The number of carboxylic acid groups (broad SMARTS) is 1. The fourth-order valence-electron chi connectivity index (χ4n) is 1.30. The number of hydrogen-bond acceptors (Lipinski definition) is 4. The zero-order valence-corrected chi connectivity index (χ0v) is 8.92. The molecule has 0 radical (unpaired) electrons. The molecule has 0 saturated heterocycles. The second kappa shape index (κ2) is 3.49. The predicted molar refractivity (Wildman–Crippen MR) is 56.6 cm³/mol. The van der Waals surface area contributed by atoms with Gasteiger partial charge in [0.25, 0.3) is 0 Å². The summed E-state index contributed by atoms with van der Waals surface area (Å²) in [5.41, 5.74) is -0.730. The van der Waals surface area contributed by atoms with Gasteiger partial charge in [-0.2, -0.15) is 0 Å². The van der Waals surface area contributed by atoms with Crippen molar-refractivity contribution in [3.8, 4) is 5.00 Å². The fourth-order valence-corrected chi connectivity index (χ4v) is 2.31. The number of aryl methyl sites for hydroxylation is 1. The first-order chi connectivity index (χ1) is 7.50. The van der Waals surface area contributed by atoms with Crippen molar-refractivity contribution in [1.82, 2.24) is 14.8 Å². The number of nitrogens with one attached hydrogen (secondary N) is 2. The van der Waals surface area contributed by atoms with Gasteiger partial charge < -0.3 is 5.11 Å². The smallest absolute Gasteiger partial charge is 0.349 e. The van der Waals surface area contributed by atoms with Crippen LogP contribution in [0.5, 0.6) is 0 Å². The summed E-state index contributed by atoms with van der Waals surface area (Å²) < 4.78 is 0.851. The molecule has 0 aromatic carbocycles. The monoisotopic (exact) mass is 241 g/mol. The van der Waals surface area contributed by atoms with Crippen LogP contribution in [0.4, 0.5) is 0 Å². The van der Waals surface area contributed by atoms with Crippen molar-refractivity contribution in [2.75, 3.05) is 0 Å². The maximum Gasteiger partial charge on any atom is 0.349 e. The Morgan fingerprint density at radius 2 is 1.94 bits per heavy atom. The van der Waals surface area contributed by atoms with Crippen LogP contribution in [0.3, 0.4) is 0 Å². The molecule has 84 valence electrons. The van der Waals surface area contributed by atoms with Gasteiger partial charge in [0, 0.05) is 0 Å². The number of nitrogens with zero attached hydrogens (tertiary/aromatic N) is 1. The highest BCUT2D eigenvalue weighted by molar-refractivity contribution is 7.16. The standard InChI is InChI=1S/C8H7N3O4S/c1-3-2-4(16-5(3)6(12)13)11-7(14)9-10-8(11)15/h2H,1H3,(H,9,14)(H,10,15)(H,12,13). The van der Waals surface area contributed by atoms with E-state index in [1.807, 2.05) is 0 Å². The molecule has 0 bridgehead atoms. The number of hydrogen-bond donors (Lipinski definition) is 3. The third-order valence-electron chi connectivity index (χ3n) is 2.00. The van der Waals surface area contributed by atoms with Gasteiger partial charge in [-0.15, -0.1) is 11.3 Å². The van der Waals surface area contributed by atoms with E-state index < -0.39 is 17.3 Å². The molecule has 0 aliphatic carbocycles. The molecule has 0 aliphatic rings. The van der Waals surface area contributed by atoms with Gasteiger partial charge in [0.15, 0.2) is 0 Å². The van der Waals surface area contributed by atoms with Gasteiger partial charge in [-0.1, -0.05) is 0 Å². The lowest BCUT2D eigenvalue weighted by molar-refractivity contribution is 0.0701. The SMILES string of the molecule is Cc1cc(-n2c(=O)[nH][nH]c2=O)sc1C(=O)O. The first-order valence-electron chi connectivity index (χ1n) is 4.24. The molecule has 2 heterocycles. The average molecular weight is 241 g/mol. The van der Waals surface area contributed by atoms with Crippen molar-refractivity contribution < 1.29 is 9.90 Å². The van der Waals surface area contributed by atoms with Crippen molar-refractivity contribution in [2.24, 2.45) is 0 Å². The first-order valence-corrected chi connectivity index (χ1v) is 5.06. The zero-order valence-electron chi connectivity index (χ0n) is 8.10. The van der Waals surface area contributed by atoms with Gasteiger partial charge in [-0.3, -0.25) is 0 Å². The number of rotatable bonds is 2. The fraction of sp³-hybridized carbons (Fsp3) is 0.125. The molecule has 0 saturated carbocycles. The predicted octanol–water partition coefficient (Wildman–Crippen LogP) is -0.0780. The molecule has 2 aromatic rings. The van der Waals surface area contributed by atoms with Gasteiger partial charge in [-0.05, 0) is 18.6 Å². The minimum Gasteiger partial charge on any atom is -0.477 e. The van der Waals surface area contributed by atoms with E-state index in [0.29, 0.717) is 5.56 Å². The van der Waals surface area contributed by atoms with Crippen LogP contribution >= 0.6 is 11.3 Å². The van der Waals surface area contributed by atoms with Crippen LogP contribution in [0.2, 0.25) is 0 Å². The molecule has 7 nitrogen and oxygen atoms in total. The Balaban J connectivity index is 2.67. The Bertz CT molecular complexity index is 632. The van der Waals surface area contributed by atoms with E-state index in [4.69, 9.17) is 5.11 Å². The zero-order chi connectivity index (χ0) is 11.9. The van der Waals surface area contributed by atoms with Gasteiger partial charge in [-0.25, -0.2) is 29.1 Å². The summed E-state index contributed by atoms with van der Waals surface area (Å²) in [5.74, 6) is -1.08. The van der Waals surface area contributed by atoms with Crippen LogP contribution in [-0.2, 0) is 0 Å². The summed E-state index contributed by atoms with van der Waals surface area (Å²) in [7, 11) is 0. The van der Waals surface area contributed by atoms with E-state index in [1.54, 1.807) is 6.92 Å². The lowest BCUT2D eigenvalue weighted by Crippen LogP contribution is -2.23. The topological polar surface area (TPSA) is 108 Å². The van der Waals surface area contributed by atoms with Gasteiger partial charge in [0.05, 0.1) is 0 Å². The van der Waals surface area contributed by atoms with E-state index in [9.17, 15) is 14.4 Å². The van der Waals surface area contributed by atoms with Crippen molar-refractivity contribution in [3.63, 3.8) is 0 Å². The van der Waals surface area contributed by atoms with E-state index in [0.717, 1.165) is 15.9 Å². The number of aromatic amines is 2. The third-order valence-corrected chi connectivity index (χ3v) is 3.21. The summed E-state index contributed by atoms with van der Waals surface area (Å²) in [6, 6.07) is 1.48. The second-order valence-corrected chi connectivity index (χ2v) is 4.13. The number of H-pyrrole nitrogens is 2. The summed E-state index contributed by atoms with van der Waals surface area (Å²) in [4.78, 5) is 33.4. The molecule has 2 aromatic heterocycles. The molecule has 0 atom stereocenters. The summed E-state index contributed by atoms with van der Waals surface area (Å²) in [5, 5.41) is 13.4. The molecule has 0 aliphatic heterocycles. The number of thiophene rings is 1. The summed E-state index contributed by atoms with van der Waals surface area (Å²) in [6.45, 7) is 1.61. The minimum absolute atomic E-state index is 0.113. The molecular formula is C8H7N3O4S. The van der Waals surface area contributed by atoms with E-state index in [-0.39, 0.29) is 9.88 Å². The Kier molecular flexibility index (Phi) is 2.27. The molecule has 2 rings (SSSR count). The van der Waals surface area contributed by atoms with Crippen LogP contribution in [0.15, 0.2) is 15.7 Å². The van der Waals surface area contributed by atoms with Crippen LogP contribution in [0, 0.1) is 6.92 Å². The summed E-state index contributed by atoms with van der Waals surface area (Å²) >= 11 is 0.877. The maximum absolute atomic E-state index is 11.3. The minimum atomic E-state index is -1.08. The van der Waals surface area contributed by atoms with Crippen LogP contribution in [-0.4, -0.2) is 25.8 Å². The summed E-state index contributed by atoms with van der Waals surface area (Å²) in [6.07, 6.45) is 0. The Morgan fingerprint density at radius 1 is 1.38 bits per heavy atom. The van der Waals surface area contributed by atoms with Crippen molar-refractivity contribution in [1.29, 1.82) is 0 Å². The number of aromatic nitrogens is 3. The molecule has 0 fully saturated rings. The average Bonchev–Trinajstić information content (AvgIpc) is 2.70. The normalized spacial score (nSPS) is 10.6. The molecule has 16 heavy (non-hydrogen) atoms. The molecular weight excluding hydrogens is 234 g/mol. The van der Waals surface area contributed by atoms with Crippen LogP contribution < -0.4 is 11.4 Å². The van der Waals surface area contributed by atoms with Gasteiger partial charge in [0.1, 0.15) is 9.88 Å². The highest BCUT2D eigenvalue weighted by Crippen LogP contribution is 2.23. The second-order valence-electron chi connectivity index (χ2n) is 3.10. The van der Waals surface area contributed by atoms with Crippen LogP contribution in [0.1, 0.15) is 15.2 Å². The Morgan fingerprint density at radius 3 is 2.38 bits per heavy atom. The third kappa shape index (κ3) is 1.48. The Labute approximate surface area is 92.0 Å². The maximum atomic E-state index is 11.3. The molecule has 0 spiro atoms. The van der Waals surface area contributed by atoms with Gasteiger partial charge in [0.2, 0.25) is 0 Å². The van der Waals surface area contributed by atoms with Crippen molar-refractivity contribution >= 4 is 17.3 Å². The number of carboxylic acids is 1. The van der Waals surface area contributed by atoms with Crippen molar-refractivity contribution in [2.45, 2.75) is 6.92 Å². The van der Waals surface area contributed by atoms with Crippen molar-refractivity contribution in [3.05, 3.63) is 37.5 Å². The highest BCUT2D eigenvalue weighted by Gasteiger charge is 2.15. The molecule has 8 heteroatoms. The number of carbonyl (C=O) groups is 1. The quantitative estimate of drug-likeness (QED) is 0.683. The van der Waals surface area contributed by atoms with E-state index >= 15 is 0 Å². The van der Waals surface area contributed by atoms with Crippen LogP contribution in [0.25, 0.3) is 5.00 Å². The molecule has 0 unspecified atom stereocenters. The van der Waals surface area contributed by atoms with E-state index in [1.165, 1.54) is 6.07 Å². The largest absolute Gasteiger partial charge is 0.477 e. The molecule has 3 N–H and O–H groups in total. The van der Waals surface area contributed by atoms with E-state index in [2.05, 4.69) is 10.2 Å². The number of aromatic carboxylic acids is 1. The lowest BCUT2D eigenvalue weighted by Gasteiger charge is -1.90. The highest BCUT2D eigenvalue weighted by atomic mass is 32.1.